The van der Waals surface area contributed by atoms with Gasteiger partial charge < -0.3 is 9.64 Å². The molecular weight excluding hydrogens is 462 g/mol. The van der Waals surface area contributed by atoms with Gasteiger partial charge in [-0.3, -0.25) is 9.52 Å². The quantitative estimate of drug-likeness (QED) is 0.585. The van der Waals surface area contributed by atoms with Gasteiger partial charge in [0.05, 0.1) is 5.56 Å². The summed E-state index contributed by atoms with van der Waals surface area (Å²) in [5, 5.41) is 9.81. The first-order chi connectivity index (χ1) is 15.8. The van der Waals surface area contributed by atoms with Crippen LogP contribution in [0.15, 0.2) is 71.6 Å². The fourth-order valence-corrected chi connectivity index (χ4v) is 5.04. The molecule has 3 aromatic carbocycles. The smallest absolute Gasteiger partial charge is 0.263 e. The van der Waals surface area contributed by atoms with Crippen LogP contribution in [0.3, 0.4) is 0 Å². The topological polar surface area (TPSA) is 99.5 Å². The van der Waals surface area contributed by atoms with Crippen LogP contribution >= 0.6 is 11.6 Å². The first-order valence-corrected chi connectivity index (χ1v) is 12.0. The van der Waals surface area contributed by atoms with Gasteiger partial charge in [0, 0.05) is 29.4 Å². The molecule has 1 amide bonds. The molecule has 1 aliphatic rings. The molecule has 0 aromatic heterocycles. The van der Waals surface area contributed by atoms with Crippen LogP contribution in [0.1, 0.15) is 23.6 Å². The number of benzene rings is 3. The lowest BCUT2D eigenvalue weighted by atomic mass is 10.1. The molecule has 1 unspecified atom stereocenters. The minimum absolute atomic E-state index is 0.0495. The third-order valence-corrected chi connectivity index (χ3v) is 7.06. The fraction of sp³-hybridized carbons (Fsp3) is 0.167. The van der Waals surface area contributed by atoms with E-state index in [1.807, 2.05) is 24.3 Å². The molecule has 0 radical (unpaired) electrons. The Balaban J connectivity index is 1.64. The Kier molecular flexibility index (Phi) is 6.27. The summed E-state index contributed by atoms with van der Waals surface area (Å²) < 4.78 is 34.1. The number of nitrogens with zero attached hydrogens (tertiary/aromatic N) is 2. The van der Waals surface area contributed by atoms with E-state index in [0.29, 0.717) is 22.0 Å². The Bertz CT molecular complexity index is 1370. The number of ether oxygens (including phenoxy) is 1. The molecule has 0 saturated heterocycles. The Hall–Kier alpha value is -3.54. The second kappa shape index (κ2) is 9.14. The van der Waals surface area contributed by atoms with E-state index in [4.69, 9.17) is 16.3 Å². The standard InChI is InChI=1S/C24H20ClN3O4S/c1-16-24(29)28(14-18-7-2-4-8-21(18)25)15-19-12-20(10-11-22(19)32-16)27-33(30,31)23-9-5-3-6-17(23)13-26/h2-12,16,27H,14-15H2,1H3. The van der Waals surface area contributed by atoms with Crippen LogP contribution in [-0.4, -0.2) is 25.3 Å². The van der Waals surface area contributed by atoms with Crippen molar-refractivity contribution >= 4 is 33.2 Å². The summed E-state index contributed by atoms with van der Waals surface area (Å²) >= 11 is 6.28. The van der Waals surface area contributed by atoms with Crippen molar-refractivity contribution in [1.82, 2.24) is 4.90 Å². The van der Waals surface area contributed by atoms with Gasteiger partial charge in [-0.2, -0.15) is 5.26 Å². The molecule has 0 bridgehead atoms. The molecular formula is C24H20ClN3O4S. The third-order valence-electron chi connectivity index (χ3n) is 5.25. The lowest BCUT2D eigenvalue weighted by Crippen LogP contribution is -2.37. The Morgan fingerprint density at radius 3 is 2.64 bits per heavy atom. The Morgan fingerprint density at radius 1 is 1.15 bits per heavy atom. The maximum absolute atomic E-state index is 12.9. The van der Waals surface area contributed by atoms with E-state index in [2.05, 4.69) is 4.72 Å². The van der Waals surface area contributed by atoms with Crippen LogP contribution in [0, 0.1) is 11.3 Å². The van der Waals surface area contributed by atoms with Gasteiger partial charge in [0.15, 0.2) is 6.10 Å². The molecule has 33 heavy (non-hydrogen) atoms. The summed E-state index contributed by atoms with van der Waals surface area (Å²) in [6.45, 7) is 2.18. The first kappa shape index (κ1) is 22.6. The van der Waals surface area contributed by atoms with Crippen molar-refractivity contribution in [2.45, 2.75) is 31.0 Å². The van der Waals surface area contributed by atoms with Gasteiger partial charge in [-0.05, 0) is 48.9 Å². The number of carbonyl (C=O) groups excluding carboxylic acids is 1. The molecule has 1 atom stereocenters. The lowest BCUT2D eigenvalue weighted by Gasteiger charge is -2.22. The molecule has 0 aliphatic carbocycles. The number of anilines is 1. The van der Waals surface area contributed by atoms with E-state index in [1.165, 1.54) is 12.1 Å². The number of rotatable bonds is 5. The van der Waals surface area contributed by atoms with Crippen LogP contribution in [0.2, 0.25) is 5.02 Å². The summed E-state index contributed by atoms with van der Waals surface area (Å²) in [6.07, 6.45) is -0.709. The first-order valence-electron chi connectivity index (χ1n) is 10.1. The highest BCUT2D eigenvalue weighted by atomic mass is 35.5. The normalized spacial score (nSPS) is 15.7. The molecule has 7 nitrogen and oxygen atoms in total. The number of nitriles is 1. The number of carbonyl (C=O) groups is 1. The highest BCUT2D eigenvalue weighted by Gasteiger charge is 2.29. The third kappa shape index (κ3) is 4.80. The molecule has 0 spiro atoms. The Labute approximate surface area is 197 Å². The largest absolute Gasteiger partial charge is 0.481 e. The summed E-state index contributed by atoms with van der Waals surface area (Å²) in [5.74, 6) is 0.300. The Morgan fingerprint density at radius 2 is 1.88 bits per heavy atom. The molecule has 168 valence electrons. The van der Waals surface area contributed by atoms with E-state index in [0.717, 1.165) is 5.56 Å². The van der Waals surface area contributed by atoms with Gasteiger partial charge in [-0.25, -0.2) is 8.42 Å². The number of amides is 1. The second-order valence-electron chi connectivity index (χ2n) is 7.58. The maximum atomic E-state index is 12.9. The van der Waals surface area contributed by atoms with Gasteiger partial charge in [0.25, 0.3) is 15.9 Å². The van der Waals surface area contributed by atoms with Crippen molar-refractivity contribution in [2.24, 2.45) is 0 Å². The van der Waals surface area contributed by atoms with E-state index < -0.39 is 16.1 Å². The van der Waals surface area contributed by atoms with Gasteiger partial charge in [-0.1, -0.05) is 41.9 Å². The maximum Gasteiger partial charge on any atom is 0.263 e. The monoisotopic (exact) mass is 481 g/mol. The highest BCUT2D eigenvalue weighted by molar-refractivity contribution is 7.92. The number of sulfonamides is 1. The van der Waals surface area contributed by atoms with Crippen LogP contribution < -0.4 is 9.46 Å². The summed E-state index contributed by atoms with van der Waals surface area (Å²) in [4.78, 5) is 14.4. The highest BCUT2D eigenvalue weighted by Crippen LogP contribution is 2.31. The number of fused-ring (bicyclic) bond motifs is 1. The van der Waals surface area contributed by atoms with Crippen molar-refractivity contribution in [2.75, 3.05) is 4.72 Å². The van der Waals surface area contributed by atoms with Crippen molar-refractivity contribution in [3.8, 4) is 11.8 Å². The van der Waals surface area contributed by atoms with Crippen molar-refractivity contribution in [3.63, 3.8) is 0 Å². The molecule has 4 rings (SSSR count). The van der Waals surface area contributed by atoms with Gasteiger partial charge in [0.1, 0.15) is 16.7 Å². The van der Waals surface area contributed by atoms with Gasteiger partial charge in [0.2, 0.25) is 0 Å². The number of nitrogens with one attached hydrogen (secondary N) is 1. The van der Waals surface area contributed by atoms with E-state index >= 15 is 0 Å². The minimum atomic E-state index is -3.99. The van der Waals surface area contributed by atoms with Crippen LogP contribution in [0.4, 0.5) is 5.69 Å². The summed E-state index contributed by atoms with van der Waals surface area (Å²) in [6, 6.07) is 20.0. The van der Waals surface area contributed by atoms with E-state index in [9.17, 15) is 18.5 Å². The van der Waals surface area contributed by atoms with E-state index in [1.54, 1.807) is 48.2 Å². The van der Waals surface area contributed by atoms with Crippen LogP contribution in [0.25, 0.3) is 0 Å². The van der Waals surface area contributed by atoms with Gasteiger partial charge >= 0.3 is 0 Å². The molecule has 1 aliphatic heterocycles. The number of hydrogen-bond donors (Lipinski definition) is 1. The lowest BCUT2D eigenvalue weighted by molar-refractivity contribution is -0.138. The van der Waals surface area contributed by atoms with Crippen molar-refractivity contribution in [1.29, 1.82) is 5.26 Å². The zero-order valence-electron chi connectivity index (χ0n) is 17.7. The molecule has 0 saturated carbocycles. The minimum Gasteiger partial charge on any atom is -0.481 e. The zero-order chi connectivity index (χ0) is 23.6. The molecule has 1 N–H and O–H groups in total. The zero-order valence-corrected chi connectivity index (χ0v) is 19.2. The van der Waals surface area contributed by atoms with Crippen molar-refractivity contribution < 1.29 is 17.9 Å². The number of hydrogen-bond acceptors (Lipinski definition) is 5. The van der Waals surface area contributed by atoms with E-state index in [-0.39, 0.29) is 29.5 Å². The van der Waals surface area contributed by atoms with Crippen LogP contribution in [-0.2, 0) is 27.9 Å². The van der Waals surface area contributed by atoms with Gasteiger partial charge in [-0.15, -0.1) is 0 Å². The molecule has 1 heterocycles. The molecule has 3 aromatic rings. The number of halogens is 1. The predicted molar refractivity (Wildman–Crippen MR) is 124 cm³/mol. The molecule has 9 heteroatoms. The average Bonchev–Trinajstić information content (AvgIpc) is 2.91. The molecule has 0 fully saturated rings. The summed E-state index contributed by atoms with van der Waals surface area (Å²) in [5.41, 5.74) is 1.79. The predicted octanol–water partition coefficient (Wildman–Crippen LogP) is 4.32. The fourth-order valence-electron chi connectivity index (χ4n) is 3.63. The SMILES string of the molecule is CC1Oc2ccc(NS(=O)(=O)c3ccccc3C#N)cc2CN(Cc2ccccc2Cl)C1=O. The van der Waals surface area contributed by atoms with Crippen molar-refractivity contribution in [3.05, 3.63) is 88.4 Å². The second-order valence-corrected chi connectivity index (χ2v) is 9.64. The average molecular weight is 482 g/mol. The van der Waals surface area contributed by atoms with Crippen LogP contribution in [0.5, 0.6) is 5.75 Å². The summed E-state index contributed by atoms with van der Waals surface area (Å²) in [7, 11) is -3.99.